The van der Waals surface area contributed by atoms with Crippen LogP contribution in [0.4, 0.5) is 21.5 Å². The van der Waals surface area contributed by atoms with Crippen LogP contribution in [-0.4, -0.2) is 24.3 Å². The van der Waals surface area contributed by atoms with E-state index in [9.17, 15) is 18.8 Å². The van der Waals surface area contributed by atoms with Crippen molar-refractivity contribution in [1.29, 1.82) is 0 Å². The van der Waals surface area contributed by atoms with Gasteiger partial charge in [0.25, 0.3) is 0 Å². The molecule has 1 aliphatic rings. The van der Waals surface area contributed by atoms with Crippen molar-refractivity contribution >= 4 is 34.8 Å². The van der Waals surface area contributed by atoms with Gasteiger partial charge in [-0.1, -0.05) is 6.07 Å². The van der Waals surface area contributed by atoms with Crippen LogP contribution >= 0.6 is 0 Å². The van der Waals surface area contributed by atoms with Crippen molar-refractivity contribution in [1.82, 2.24) is 0 Å². The van der Waals surface area contributed by atoms with Gasteiger partial charge >= 0.3 is 11.8 Å². The van der Waals surface area contributed by atoms with Gasteiger partial charge < -0.3 is 15.5 Å². The monoisotopic (exact) mass is 341 g/mol. The molecule has 25 heavy (non-hydrogen) atoms. The van der Waals surface area contributed by atoms with Crippen molar-refractivity contribution in [2.24, 2.45) is 0 Å². The van der Waals surface area contributed by atoms with Gasteiger partial charge in [0.05, 0.1) is 0 Å². The average molecular weight is 341 g/mol. The Labute approximate surface area is 143 Å². The van der Waals surface area contributed by atoms with E-state index >= 15 is 0 Å². The van der Waals surface area contributed by atoms with E-state index in [0.29, 0.717) is 18.7 Å². The maximum Gasteiger partial charge on any atom is 0.314 e. The summed E-state index contributed by atoms with van der Waals surface area (Å²) in [6.45, 7) is 0.681. The predicted molar refractivity (Wildman–Crippen MR) is 91.7 cm³/mol. The number of nitrogens with zero attached hydrogens (tertiary/aromatic N) is 1. The molecular formula is C18H16FN3O3. The molecular weight excluding hydrogens is 325 g/mol. The fraction of sp³-hybridized carbons (Fsp3) is 0.167. The molecule has 1 fully saturated rings. The Kier molecular flexibility index (Phi) is 4.74. The summed E-state index contributed by atoms with van der Waals surface area (Å²) in [5.41, 5.74) is 1.38. The van der Waals surface area contributed by atoms with E-state index in [-0.39, 0.29) is 11.6 Å². The molecule has 2 aromatic carbocycles. The van der Waals surface area contributed by atoms with E-state index in [2.05, 4.69) is 10.6 Å². The molecule has 0 atom stereocenters. The summed E-state index contributed by atoms with van der Waals surface area (Å²) in [5.74, 6) is -2.20. The second kappa shape index (κ2) is 7.12. The highest BCUT2D eigenvalue weighted by Crippen LogP contribution is 2.23. The van der Waals surface area contributed by atoms with Crippen LogP contribution in [0.3, 0.4) is 0 Å². The summed E-state index contributed by atoms with van der Waals surface area (Å²) in [4.78, 5) is 37.1. The average Bonchev–Trinajstić information content (AvgIpc) is 3.01. The number of hydrogen-bond acceptors (Lipinski definition) is 3. The molecule has 0 bridgehead atoms. The number of rotatable bonds is 3. The van der Waals surface area contributed by atoms with E-state index in [0.717, 1.165) is 18.2 Å². The number of anilines is 3. The largest absolute Gasteiger partial charge is 0.318 e. The van der Waals surface area contributed by atoms with Gasteiger partial charge in [-0.15, -0.1) is 0 Å². The van der Waals surface area contributed by atoms with Crippen LogP contribution in [0.25, 0.3) is 0 Å². The third kappa shape index (κ3) is 4.00. The first-order valence-electron chi connectivity index (χ1n) is 7.81. The van der Waals surface area contributed by atoms with Crippen LogP contribution in [-0.2, 0) is 14.4 Å². The molecule has 0 aromatic heterocycles. The van der Waals surface area contributed by atoms with E-state index in [1.165, 1.54) is 18.2 Å². The number of carbonyl (C=O) groups excluding carboxylic acids is 3. The molecule has 3 rings (SSSR count). The van der Waals surface area contributed by atoms with Crippen LogP contribution in [0.15, 0.2) is 48.5 Å². The maximum atomic E-state index is 13.1. The van der Waals surface area contributed by atoms with E-state index in [4.69, 9.17) is 0 Å². The molecule has 0 spiro atoms. The second-order valence-corrected chi connectivity index (χ2v) is 5.61. The second-order valence-electron chi connectivity index (χ2n) is 5.61. The summed E-state index contributed by atoms with van der Waals surface area (Å²) in [7, 11) is 0. The first kappa shape index (κ1) is 16.6. The van der Waals surface area contributed by atoms with Gasteiger partial charge in [0.1, 0.15) is 5.82 Å². The van der Waals surface area contributed by atoms with E-state index in [1.54, 1.807) is 29.2 Å². The Bertz CT molecular complexity index is 821. The Morgan fingerprint density at radius 1 is 0.960 bits per heavy atom. The van der Waals surface area contributed by atoms with Crippen LogP contribution in [0.2, 0.25) is 0 Å². The zero-order valence-electron chi connectivity index (χ0n) is 13.3. The highest BCUT2D eigenvalue weighted by Gasteiger charge is 2.21. The molecule has 1 aliphatic heterocycles. The number of carbonyl (C=O) groups is 3. The molecule has 2 N–H and O–H groups in total. The van der Waals surface area contributed by atoms with Gasteiger partial charge in [0.2, 0.25) is 5.91 Å². The molecule has 2 aromatic rings. The number of amides is 3. The smallest absolute Gasteiger partial charge is 0.314 e. The normalized spacial score (nSPS) is 13.6. The molecule has 0 saturated carbocycles. The summed E-state index contributed by atoms with van der Waals surface area (Å²) < 4.78 is 13.1. The topological polar surface area (TPSA) is 78.5 Å². The fourth-order valence-corrected chi connectivity index (χ4v) is 2.59. The zero-order chi connectivity index (χ0) is 17.8. The van der Waals surface area contributed by atoms with Crippen molar-refractivity contribution < 1.29 is 18.8 Å². The third-order valence-electron chi connectivity index (χ3n) is 3.80. The Hall–Kier alpha value is -3.22. The van der Waals surface area contributed by atoms with E-state index in [1.807, 2.05) is 0 Å². The summed E-state index contributed by atoms with van der Waals surface area (Å²) in [5, 5.41) is 4.78. The minimum Gasteiger partial charge on any atom is -0.318 e. The highest BCUT2D eigenvalue weighted by molar-refractivity contribution is 6.43. The Balaban J connectivity index is 1.60. The molecule has 1 heterocycles. The number of hydrogen-bond donors (Lipinski definition) is 2. The van der Waals surface area contributed by atoms with Crippen molar-refractivity contribution in [3.8, 4) is 0 Å². The first-order chi connectivity index (χ1) is 12.0. The van der Waals surface area contributed by atoms with Gasteiger partial charge in [0.15, 0.2) is 0 Å². The standard InChI is InChI=1S/C18H16FN3O3/c19-12-3-1-4-14(11-12)21-18(25)17(24)20-13-6-8-15(9-7-13)22-10-2-5-16(22)23/h1,3-4,6-9,11H,2,5,10H2,(H,20,24)(H,21,25). The molecule has 0 unspecified atom stereocenters. The molecule has 3 amide bonds. The molecule has 6 nitrogen and oxygen atoms in total. The number of benzene rings is 2. The predicted octanol–water partition coefficient (Wildman–Crippen LogP) is 2.53. The van der Waals surface area contributed by atoms with Gasteiger partial charge in [-0.3, -0.25) is 14.4 Å². The van der Waals surface area contributed by atoms with Crippen molar-refractivity contribution in [2.45, 2.75) is 12.8 Å². The van der Waals surface area contributed by atoms with Crippen LogP contribution in [0, 0.1) is 5.82 Å². The highest BCUT2D eigenvalue weighted by atomic mass is 19.1. The van der Waals surface area contributed by atoms with Crippen LogP contribution in [0.1, 0.15) is 12.8 Å². The summed E-state index contributed by atoms with van der Waals surface area (Å²) in [6, 6.07) is 11.9. The zero-order valence-corrected chi connectivity index (χ0v) is 13.3. The van der Waals surface area contributed by atoms with Crippen LogP contribution in [0.5, 0.6) is 0 Å². The molecule has 1 saturated heterocycles. The lowest BCUT2D eigenvalue weighted by Gasteiger charge is -2.16. The first-order valence-corrected chi connectivity index (χ1v) is 7.81. The molecule has 7 heteroatoms. The quantitative estimate of drug-likeness (QED) is 0.842. The van der Waals surface area contributed by atoms with Crippen LogP contribution < -0.4 is 15.5 Å². The summed E-state index contributed by atoms with van der Waals surface area (Å²) >= 11 is 0. The van der Waals surface area contributed by atoms with Crippen molar-refractivity contribution in [3.63, 3.8) is 0 Å². The minimum atomic E-state index is -0.899. The van der Waals surface area contributed by atoms with E-state index < -0.39 is 17.6 Å². The van der Waals surface area contributed by atoms with Crippen molar-refractivity contribution in [3.05, 3.63) is 54.3 Å². The van der Waals surface area contributed by atoms with Gasteiger partial charge in [-0.2, -0.15) is 0 Å². The Morgan fingerprint density at radius 2 is 1.64 bits per heavy atom. The van der Waals surface area contributed by atoms with Gasteiger partial charge in [0, 0.05) is 30.0 Å². The molecule has 128 valence electrons. The number of halogens is 1. The van der Waals surface area contributed by atoms with Gasteiger partial charge in [-0.25, -0.2) is 4.39 Å². The SMILES string of the molecule is O=C(Nc1ccc(N2CCCC2=O)cc1)C(=O)Nc1cccc(F)c1. The lowest BCUT2D eigenvalue weighted by molar-refractivity contribution is -0.133. The summed E-state index contributed by atoms with van der Waals surface area (Å²) in [6.07, 6.45) is 1.37. The van der Waals surface area contributed by atoms with Gasteiger partial charge in [-0.05, 0) is 48.9 Å². The molecule has 0 aliphatic carbocycles. The Morgan fingerprint density at radius 3 is 2.24 bits per heavy atom. The lowest BCUT2D eigenvalue weighted by atomic mass is 10.2. The lowest BCUT2D eigenvalue weighted by Crippen LogP contribution is -2.29. The fourth-order valence-electron chi connectivity index (χ4n) is 2.59. The van der Waals surface area contributed by atoms with Crippen molar-refractivity contribution in [2.75, 3.05) is 22.1 Å². The minimum absolute atomic E-state index is 0.0752. The maximum absolute atomic E-state index is 13.1. The number of nitrogens with one attached hydrogen (secondary N) is 2. The molecule has 0 radical (unpaired) electrons. The third-order valence-corrected chi connectivity index (χ3v) is 3.80.